The molecule has 0 aromatic heterocycles. The summed E-state index contributed by atoms with van der Waals surface area (Å²) in [5, 5.41) is 30.2. The van der Waals surface area contributed by atoms with E-state index in [1.165, 1.54) is 6.42 Å². The molecule has 18 heavy (non-hydrogen) atoms. The first-order valence-corrected chi connectivity index (χ1v) is 6.82. The van der Waals surface area contributed by atoms with Crippen LogP contribution in [-0.4, -0.2) is 46.6 Å². The number of nitrogens with one attached hydrogen (secondary N) is 1. The minimum absolute atomic E-state index is 0.0608. The number of aliphatic hydroxyl groups excluding tert-OH is 3. The molecular formula is C13H25NO4. The Kier molecular flexibility index (Phi) is 6.60. The Balaban J connectivity index is 2.56. The smallest absolute Gasteiger partial charge is 0.223 e. The van der Waals surface area contributed by atoms with E-state index < -0.39 is 25.4 Å². The van der Waals surface area contributed by atoms with Gasteiger partial charge in [-0.3, -0.25) is 4.79 Å². The van der Waals surface area contributed by atoms with E-state index in [4.69, 9.17) is 0 Å². The van der Waals surface area contributed by atoms with Crippen LogP contribution in [0.3, 0.4) is 0 Å². The molecule has 0 atom stereocenters. The molecule has 1 saturated carbocycles. The molecule has 0 heterocycles. The lowest BCUT2D eigenvalue weighted by Gasteiger charge is -2.31. The summed E-state index contributed by atoms with van der Waals surface area (Å²) < 4.78 is 0. The van der Waals surface area contributed by atoms with Crippen molar-refractivity contribution in [1.82, 2.24) is 5.32 Å². The average Bonchev–Trinajstić information content (AvgIpc) is 2.35. The van der Waals surface area contributed by atoms with Gasteiger partial charge in [0.25, 0.3) is 0 Å². The number of carbonyl (C=O) groups excluding carboxylic acids is 1. The Labute approximate surface area is 108 Å². The predicted molar refractivity (Wildman–Crippen MR) is 67.9 cm³/mol. The molecule has 4 N–H and O–H groups in total. The van der Waals surface area contributed by atoms with Crippen LogP contribution in [0.25, 0.3) is 0 Å². The Morgan fingerprint density at radius 2 is 1.39 bits per heavy atom. The molecule has 1 aliphatic rings. The van der Waals surface area contributed by atoms with Crippen molar-refractivity contribution in [1.29, 1.82) is 0 Å². The van der Waals surface area contributed by atoms with Gasteiger partial charge in [0.05, 0.1) is 19.8 Å². The van der Waals surface area contributed by atoms with Crippen LogP contribution in [-0.2, 0) is 4.79 Å². The van der Waals surface area contributed by atoms with Crippen molar-refractivity contribution in [3.63, 3.8) is 0 Å². The molecule has 5 heteroatoms. The van der Waals surface area contributed by atoms with Gasteiger partial charge in [-0.15, -0.1) is 0 Å². The maximum absolute atomic E-state index is 12.1. The van der Waals surface area contributed by atoms with Crippen LogP contribution in [0.1, 0.15) is 44.9 Å². The van der Waals surface area contributed by atoms with E-state index in [1.807, 2.05) is 0 Å². The molecule has 1 rings (SSSR count). The number of amides is 1. The minimum Gasteiger partial charge on any atom is -0.394 e. The molecule has 0 aromatic rings. The highest BCUT2D eigenvalue weighted by Gasteiger charge is 2.32. The second-order valence-corrected chi connectivity index (χ2v) is 5.29. The zero-order chi connectivity index (χ0) is 13.4. The molecule has 0 unspecified atom stereocenters. The monoisotopic (exact) mass is 259 g/mol. The van der Waals surface area contributed by atoms with Crippen molar-refractivity contribution in [3.05, 3.63) is 0 Å². The SMILES string of the molecule is O=C(NC(CO)(CO)CO)C1CCCCCCC1. The maximum Gasteiger partial charge on any atom is 0.223 e. The summed E-state index contributed by atoms with van der Waals surface area (Å²) in [5.41, 5.74) is -1.29. The van der Waals surface area contributed by atoms with Crippen LogP contribution < -0.4 is 5.32 Å². The molecule has 0 aromatic carbocycles. The summed E-state index contributed by atoms with van der Waals surface area (Å²) in [5.74, 6) is -0.219. The standard InChI is InChI=1S/C13H25NO4/c15-8-13(9-16,10-17)14-12(18)11-6-4-2-1-3-5-7-11/h11,15-17H,1-10H2,(H,14,18). The molecule has 0 radical (unpaired) electrons. The van der Waals surface area contributed by atoms with E-state index in [-0.39, 0.29) is 11.8 Å². The summed E-state index contributed by atoms with van der Waals surface area (Å²) in [6.45, 7) is -1.38. The summed E-state index contributed by atoms with van der Waals surface area (Å²) in [4.78, 5) is 12.1. The molecule has 106 valence electrons. The Morgan fingerprint density at radius 3 is 1.83 bits per heavy atom. The van der Waals surface area contributed by atoms with Crippen LogP contribution in [0.5, 0.6) is 0 Å². The Hall–Kier alpha value is -0.650. The largest absolute Gasteiger partial charge is 0.394 e. The van der Waals surface area contributed by atoms with Crippen molar-refractivity contribution in [2.45, 2.75) is 50.5 Å². The summed E-state index contributed by atoms with van der Waals surface area (Å²) >= 11 is 0. The van der Waals surface area contributed by atoms with Gasteiger partial charge in [0.2, 0.25) is 5.91 Å². The van der Waals surface area contributed by atoms with Crippen molar-refractivity contribution in [2.75, 3.05) is 19.8 Å². The Morgan fingerprint density at radius 1 is 0.944 bits per heavy atom. The molecule has 5 nitrogen and oxygen atoms in total. The molecule has 0 spiro atoms. The third-order valence-electron chi connectivity index (χ3n) is 3.77. The second-order valence-electron chi connectivity index (χ2n) is 5.29. The third kappa shape index (κ3) is 4.23. The molecule has 1 amide bonds. The van der Waals surface area contributed by atoms with E-state index in [9.17, 15) is 20.1 Å². The third-order valence-corrected chi connectivity index (χ3v) is 3.77. The number of aliphatic hydroxyl groups is 3. The zero-order valence-electron chi connectivity index (χ0n) is 10.9. The summed E-state index contributed by atoms with van der Waals surface area (Å²) in [6, 6.07) is 0. The number of rotatable bonds is 5. The Bertz CT molecular complexity index is 237. The quantitative estimate of drug-likeness (QED) is 0.567. The van der Waals surface area contributed by atoms with Crippen LogP contribution >= 0.6 is 0 Å². The number of carbonyl (C=O) groups is 1. The fraction of sp³-hybridized carbons (Fsp3) is 0.923. The van der Waals surface area contributed by atoms with E-state index in [2.05, 4.69) is 5.32 Å². The normalized spacial score (nSPS) is 19.1. The fourth-order valence-corrected chi connectivity index (χ4v) is 2.35. The van der Waals surface area contributed by atoms with E-state index in [0.29, 0.717) is 0 Å². The number of hydrogen-bond donors (Lipinski definition) is 4. The van der Waals surface area contributed by atoms with E-state index in [1.54, 1.807) is 0 Å². The van der Waals surface area contributed by atoms with Gasteiger partial charge in [-0.1, -0.05) is 32.1 Å². The van der Waals surface area contributed by atoms with Gasteiger partial charge in [-0.2, -0.15) is 0 Å². The molecule has 1 fully saturated rings. The van der Waals surface area contributed by atoms with E-state index >= 15 is 0 Å². The van der Waals surface area contributed by atoms with Gasteiger partial charge in [0.15, 0.2) is 0 Å². The van der Waals surface area contributed by atoms with Crippen LogP contribution in [0, 0.1) is 5.92 Å². The lowest BCUT2D eigenvalue weighted by atomic mass is 9.89. The zero-order valence-corrected chi connectivity index (χ0v) is 10.9. The van der Waals surface area contributed by atoms with Crippen molar-refractivity contribution in [3.8, 4) is 0 Å². The highest BCUT2D eigenvalue weighted by atomic mass is 16.3. The van der Waals surface area contributed by atoms with Crippen LogP contribution in [0.15, 0.2) is 0 Å². The van der Waals surface area contributed by atoms with Crippen molar-refractivity contribution in [2.24, 2.45) is 5.92 Å². The van der Waals surface area contributed by atoms with Gasteiger partial charge >= 0.3 is 0 Å². The van der Waals surface area contributed by atoms with E-state index in [0.717, 1.165) is 38.5 Å². The maximum atomic E-state index is 12.1. The van der Waals surface area contributed by atoms with Gasteiger partial charge in [0.1, 0.15) is 5.54 Å². The van der Waals surface area contributed by atoms with Crippen molar-refractivity contribution < 1.29 is 20.1 Å². The fourth-order valence-electron chi connectivity index (χ4n) is 2.35. The second kappa shape index (κ2) is 7.71. The first-order chi connectivity index (χ1) is 8.67. The molecular weight excluding hydrogens is 234 g/mol. The van der Waals surface area contributed by atoms with Crippen LogP contribution in [0.2, 0.25) is 0 Å². The van der Waals surface area contributed by atoms with Gasteiger partial charge < -0.3 is 20.6 Å². The lowest BCUT2D eigenvalue weighted by molar-refractivity contribution is -0.130. The molecule has 0 bridgehead atoms. The minimum atomic E-state index is -1.29. The first kappa shape index (κ1) is 15.4. The lowest BCUT2D eigenvalue weighted by Crippen LogP contribution is -2.58. The molecule has 1 aliphatic carbocycles. The first-order valence-electron chi connectivity index (χ1n) is 6.82. The van der Waals surface area contributed by atoms with Gasteiger partial charge in [0, 0.05) is 5.92 Å². The predicted octanol–water partition coefficient (Wildman–Crippen LogP) is 0.179. The van der Waals surface area contributed by atoms with Gasteiger partial charge in [-0.25, -0.2) is 0 Å². The van der Waals surface area contributed by atoms with Gasteiger partial charge in [-0.05, 0) is 12.8 Å². The molecule has 0 aliphatic heterocycles. The van der Waals surface area contributed by atoms with Crippen LogP contribution in [0.4, 0.5) is 0 Å². The highest BCUT2D eigenvalue weighted by Crippen LogP contribution is 2.23. The highest BCUT2D eigenvalue weighted by molar-refractivity contribution is 5.79. The topological polar surface area (TPSA) is 89.8 Å². The average molecular weight is 259 g/mol. The summed E-state index contributed by atoms with van der Waals surface area (Å²) in [7, 11) is 0. The number of hydrogen-bond acceptors (Lipinski definition) is 4. The van der Waals surface area contributed by atoms with Crippen molar-refractivity contribution >= 4 is 5.91 Å². The summed E-state index contributed by atoms with van der Waals surface area (Å²) in [6.07, 6.45) is 7.35. The molecule has 0 saturated heterocycles.